The van der Waals surface area contributed by atoms with Gasteiger partial charge in [-0.05, 0) is 62.1 Å². The van der Waals surface area contributed by atoms with Crippen LogP contribution in [0.25, 0.3) is 11.3 Å². The minimum absolute atomic E-state index is 0.757. The number of nitrogens with two attached hydrogens (primary N) is 1. The summed E-state index contributed by atoms with van der Waals surface area (Å²) in [7, 11) is 0. The maximum atomic E-state index is 5.96. The van der Waals surface area contributed by atoms with Crippen molar-refractivity contribution in [3.63, 3.8) is 0 Å². The van der Waals surface area contributed by atoms with Crippen molar-refractivity contribution in [1.82, 2.24) is 0 Å². The minimum Gasteiger partial charge on any atom is -0.455 e. The Hall–Kier alpha value is -1.25. The van der Waals surface area contributed by atoms with E-state index in [0.717, 1.165) is 34.7 Å². The summed E-state index contributed by atoms with van der Waals surface area (Å²) in [4.78, 5) is 0. The van der Waals surface area contributed by atoms with Crippen LogP contribution in [0.15, 0.2) is 40.8 Å². The molecule has 1 aliphatic rings. The van der Waals surface area contributed by atoms with Crippen molar-refractivity contribution in [3.8, 4) is 11.3 Å². The standard InChI is InChI=1S/C18H22ClNO/c19-15-9-7-14(8-10-15)18-12-11-17(21-18)13-20-16-5-3-1-2-4-6-16/h7-12,16,20H,1-6,13H2/p+1. The first-order valence-corrected chi connectivity index (χ1v) is 8.37. The topological polar surface area (TPSA) is 29.8 Å². The predicted octanol–water partition coefficient (Wildman–Crippen LogP) is 4.39. The van der Waals surface area contributed by atoms with Gasteiger partial charge in [0.1, 0.15) is 12.3 Å². The number of benzene rings is 1. The lowest BCUT2D eigenvalue weighted by atomic mass is 10.1. The number of furan rings is 1. The van der Waals surface area contributed by atoms with Crippen LogP contribution in [0.5, 0.6) is 0 Å². The number of halogens is 1. The van der Waals surface area contributed by atoms with Crippen molar-refractivity contribution in [2.45, 2.75) is 51.1 Å². The maximum Gasteiger partial charge on any atom is 0.158 e. The van der Waals surface area contributed by atoms with E-state index in [1.54, 1.807) is 0 Å². The van der Waals surface area contributed by atoms with Crippen LogP contribution in [0.4, 0.5) is 0 Å². The lowest BCUT2D eigenvalue weighted by molar-refractivity contribution is -0.707. The molecule has 3 rings (SSSR count). The Morgan fingerprint density at radius 3 is 2.38 bits per heavy atom. The highest BCUT2D eigenvalue weighted by Crippen LogP contribution is 2.23. The van der Waals surface area contributed by atoms with Crippen LogP contribution in [0.3, 0.4) is 0 Å². The van der Waals surface area contributed by atoms with Crippen LogP contribution in [0.1, 0.15) is 44.3 Å². The van der Waals surface area contributed by atoms with Gasteiger partial charge in [-0.15, -0.1) is 0 Å². The van der Waals surface area contributed by atoms with E-state index in [1.807, 2.05) is 24.3 Å². The SMILES string of the molecule is Clc1ccc(-c2ccc(C[NH2+]C3CCCCCC3)o2)cc1. The molecule has 1 aliphatic carbocycles. The summed E-state index contributed by atoms with van der Waals surface area (Å²) in [6.07, 6.45) is 8.29. The fraction of sp³-hybridized carbons (Fsp3) is 0.444. The van der Waals surface area contributed by atoms with Crippen LogP contribution < -0.4 is 5.32 Å². The summed E-state index contributed by atoms with van der Waals surface area (Å²) >= 11 is 5.92. The van der Waals surface area contributed by atoms with Crippen LogP contribution in [0.2, 0.25) is 5.02 Å². The molecule has 2 nitrogen and oxygen atoms in total. The smallest absolute Gasteiger partial charge is 0.158 e. The van der Waals surface area contributed by atoms with Gasteiger partial charge in [0, 0.05) is 10.6 Å². The molecule has 0 radical (unpaired) electrons. The van der Waals surface area contributed by atoms with E-state index >= 15 is 0 Å². The molecule has 1 saturated carbocycles. The normalized spacial score (nSPS) is 16.8. The van der Waals surface area contributed by atoms with Crippen molar-refractivity contribution < 1.29 is 9.73 Å². The molecule has 1 heterocycles. The summed E-state index contributed by atoms with van der Waals surface area (Å²) < 4.78 is 5.96. The van der Waals surface area contributed by atoms with Crippen LogP contribution in [0, 0.1) is 0 Å². The van der Waals surface area contributed by atoms with E-state index in [-0.39, 0.29) is 0 Å². The Labute approximate surface area is 131 Å². The summed E-state index contributed by atoms with van der Waals surface area (Å²) in [6, 6.07) is 12.7. The molecule has 0 saturated heterocycles. The highest BCUT2D eigenvalue weighted by molar-refractivity contribution is 6.30. The van der Waals surface area contributed by atoms with Crippen molar-refractivity contribution in [2.75, 3.05) is 0 Å². The highest BCUT2D eigenvalue weighted by atomic mass is 35.5. The Kier molecular flexibility index (Phi) is 5.00. The van der Waals surface area contributed by atoms with Gasteiger partial charge in [0.05, 0.1) is 6.04 Å². The summed E-state index contributed by atoms with van der Waals surface area (Å²) in [5.74, 6) is 1.99. The van der Waals surface area contributed by atoms with Gasteiger partial charge in [0.15, 0.2) is 5.76 Å². The monoisotopic (exact) mass is 304 g/mol. The molecule has 1 aromatic carbocycles. The van der Waals surface area contributed by atoms with Crippen molar-refractivity contribution >= 4 is 11.6 Å². The van der Waals surface area contributed by atoms with Gasteiger partial charge in [0.25, 0.3) is 0 Å². The quantitative estimate of drug-likeness (QED) is 0.834. The molecular formula is C18H23ClNO+. The van der Waals surface area contributed by atoms with Gasteiger partial charge in [0.2, 0.25) is 0 Å². The Morgan fingerprint density at radius 1 is 0.952 bits per heavy atom. The first-order chi connectivity index (χ1) is 10.3. The van der Waals surface area contributed by atoms with Gasteiger partial charge in [-0.3, -0.25) is 0 Å². The number of hydrogen-bond donors (Lipinski definition) is 1. The van der Waals surface area contributed by atoms with Gasteiger partial charge >= 0.3 is 0 Å². The molecule has 0 spiro atoms. The van der Waals surface area contributed by atoms with Gasteiger partial charge < -0.3 is 9.73 Å². The molecule has 3 heteroatoms. The van der Waals surface area contributed by atoms with E-state index < -0.39 is 0 Å². The van der Waals surface area contributed by atoms with Crippen LogP contribution in [-0.4, -0.2) is 6.04 Å². The number of hydrogen-bond acceptors (Lipinski definition) is 1. The first-order valence-electron chi connectivity index (χ1n) is 7.99. The fourth-order valence-electron chi connectivity index (χ4n) is 3.09. The lowest BCUT2D eigenvalue weighted by Crippen LogP contribution is -2.88. The summed E-state index contributed by atoms with van der Waals surface area (Å²) in [5, 5.41) is 3.21. The van der Waals surface area contributed by atoms with E-state index in [1.165, 1.54) is 38.5 Å². The molecule has 0 unspecified atom stereocenters. The van der Waals surface area contributed by atoms with Gasteiger partial charge in [-0.2, -0.15) is 0 Å². The molecule has 0 aliphatic heterocycles. The van der Waals surface area contributed by atoms with Crippen molar-refractivity contribution in [1.29, 1.82) is 0 Å². The second-order valence-electron chi connectivity index (χ2n) is 5.96. The molecule has 1 aromatic heterocycles. The average Bonchev–Trinajstić information content (AvgIpc) is 2.81. The summed E-state index contributed by atoms with van der Waals surface area (Å²) in [6.45, 7) is 0.943. The van der Waals surface area contributed by atoms with Crippen molar-refractivity contribution in [2.24, 2.45) is 0 Å². The second kappa shape index (κ2) is 7.15. The number of quaternary nitrogens is 1. The third kappa shape index (κ3) is 4.12. The zero-order valence-corrected chi connectivity index (χ0v) is 13.1. The molecule has 2 N–H and O–H groups in total. The van der Waals surface area contributed by atoms with Gasteiger partial charge in [-0.25, -0.2) is 0 Å². The second-order valence-corrected chi connectivity index (χ2v) is 6.40. The van der Waals surface area contributed by atoms with Crippen molar-refractivity contribution in [3.05, 3.63) is 47.2 Å². The first kappa shape index (κ1) is 14.7. The lowest BCUT2D eigenvalue weighted by Gasteiger charge is -2.11. The highest BCUT2D eigenvalue weighted by Gasteiger charge is 2.15. The van der Waals surface area contributed by atoms with Crippen LogP contribution >= 0.6 is 11.6 Å². The zero-order valence-electron chi connectivity index (χ0n) is 12.4. The van der Waals surface area contributed by atoms with Crippen LogP contribution in [-0.2, 0) is 6.54 Å². The molecule has 21 heavy (non-hydrogen) atoms. The van der Waals surface area contributed by atoms with E-state index in [0.29, 0.717) is 0 Å². The van der Waals surface area contributed by atoms with E-state index in [4.69, 9.17) is 16.0 Å². The molecule has 0 amide bonds. The van der Waals surface area contributed by atoms with Gasteiger partial charge in [-0.1, -0.05) is 24.4 Å². The Morgan fingerprint density at radius 2 is 1.67 bits per heavy atom. The van der Waals surface area contributed by atoms with E-state index in [9.17, 15) is 0 Å². The largest absolute Gasteiger partial charge is 0.455 e. The molecule has 1 fully saturated rings. The Balaban J connectivity index is 1.58. The zero-order chi connectivity index (χ0) is 14.5. The third-order valence-electron chi connectivity index (χ3n) is 4.34. The maximum absolute atomic E-state index is 5.96. The molecule has 0 atom stereocenters. The number of rotatable bonds is 4. The fourth-order valence-corrected chi connectivity index (χ4v) is 3.21. The molecule has 112 valence electrons. The molecular weight excluding hydrogens is 282 g/mol. The minimum atomic E-state index is 0.757. The Bertz CT molecular complexity index is 553. The summed E-state index contributed by atoms with van der Waals surface area (Å²) in [5.41, 5.74) is 1.08. The average molecular weight is 305 g/mol. The van der Waals surface area contributed by atoms with E-state index in [2.05, 4.69) is 17.4 Å². The predicted molar refractivity (Wildman–Crippen MR) is 86.3 cm³/mol. The molecule has 2 aromatic rings. The molecule has 0 bridgehead atoms. The third-order valence-corrected chi connectivity index (χ3v) is 4.59.